The van der Waals surface area contributed by atoms with E-state index in [1.54, 1.807) is 6.33 Å². The fourth-order valence-electron chi connectivity index (χ4n) is 1.97. The number of anilines is 1. The molecule has 6 nitrogen and oxygen atoms in total. The molecule has 3 aromatic heterocycles. The largest absolute Gasteiger partial charge is 0.375 e. The average Bonchev–Trinajstić information content (AvgIpc) is 2.96. The van der Waals surface area contributed by atoms with Crippen molar-refractivity contribution in [3.05, 3.63) is 35.0 Å². The molecular formula is C12H14N6S. The maximum absolute atomic E-state index is 5.61. The molecule has 19 heavy (non-hydrogen) atoms. The standard InChI is InChI=1S/C12H14N6S/c1-8-5-11-17-16-10(18(11)7-14-8)4-2-3-9-6-19-12(13)15-9/h5-7H,2-4H2,1H3,(H2,13,15). The Kier molecular flexibility index (Phi) is 3.12. The molecule has 0 aliphatic heterocycles. The second-order valence-electron chi connectivity index (χ2n) is 4.41. The highest BCUT2D eigenvalue weighted by Gasteiger charge is 2.06. The number of nitrogens with two attached hydrogens (primary N) is 1. The second-order valence-corrected chi connectivity index (χ2v) is 5.30. The van der Waals surface area contributed by atoms with E-state index in [1.807, 2.05) is 22.8 Å². The molecule has 0 unspecified atom stereocenters. The molecular weight excluding hydrogens is 260 g/mol. The van der Waals surface area contributed by atoms with Crippen LogP contribution in [0.3, 0.4) is 0 Å². The van der Waals surface area contributed by atoms with Gasteiger partial charge < -0.3 is 5.73 Å². The van der Waals surface area contributed by atoms with Gasteiger partial charge in [-0.1, -0.05) is 0 Å². The molecule has 0 radical (unpaired) electrons. The molecule has 0 aliphatic rings. The summed E-state index contributed by atoms with van der Waals surface area (Å²) in [4.78, 5) is 8.51. The van der Waals surface area contributed by atoms with Gasteiger partial charge in [-0.05, 0) is 19.8 Å². The Balaban J connectivity index is 1.68. The molecule has 2 N–H and O–H groups in total. The maximum atomic E-state index is 5.61. The van der Waals surface area contributed by atoms with Crippen molar-refractivity contribution in [3.63, 3.8) is 0 Å². The van der Waals surface area contributed by atoms with E-state index in [0.29, 0.717) is 5.13 Å². The first-order valence-corrected chi connectivity index (χ1v) is 6.96. The van der Waals surface area contributed by atoms with Crippen LogP contribution in [-0.2, 0) is 12.8 Å². The fourth-order valence-corrected chi connectivity index (χ4v) is 2.57. The van der Waals surface area contributed by atoms with Crippen LogP contribution in [0.25, 0.3) is 5.65 Å². The van der Waals surface area contributed by atoms with E-state index in [4.69, 9.17) is 5.73 Å². The van der Waals surface area contributed by atoms with Crippen LogP contribution in [0.15, 0.2) is 17.8 Å². The van der Waals surface area contributed by atoms with Crippen LogP contribution in [0, 0.1) is 6.92 Å². The van der Waals surface area contributed by atoms with Gasteiger partial charge in [0.25, 0.3) is 0 Å². The Morgan fingerprint density at radius 3 is 3.00 bits per heavy atom. The number of aryl methyl sites for hydroxylation is 3. The highest BCUT2D eigenvalue weighted by atomic mass is 32.1. The normalized spacial score (nSPS) is 11.2. The number of fused-ring (bicyclic) bond motifs is 1. The zero-order valence-electron chi connectivity index (χ0n) is 10.6. The van der Waals surface area contributed by atoms with E-state index in [2.05, 4.69) is 20.2 Å². The molecule has 0 aliphatic carbocycles. The van der Waals surface area contributed by atoms with Gasteiger partial charge in [0.15, 0.2) is 10.8 Å². The number of nitrogens with zero attached hydrogens (tertiary/aromatic N) is 5. The first kappa shape index (κ1) is 12.0. The van der Waals surface area contributed by atoms with Crippen molar-refractivity contribution in [1.82, 2.24) is 24.6 Å². The summed E-state index contributed by atoms with van der Waals surface area (Å²) in [5.74, 6) is 0.936. The van der Waals surface area contributed by atoms with Gasteiger partial charge >= 0.3 is 0 Å². The van der Waals surface area contributed by atoms with Crippen LogP contribution in [0.4, 0.5) is 5.13 Å². The molecule has 3 aromatic rings. The molecule has 0 atom stereocenters. The van der Waals surface area contributed by atoms with Gasteiger partial charge in [0.2, 0.25) is 0 Å². The Morgan fingerprint density at radius 1 is 1.32 bits per heavy atom. The van der Waals surface area contributed by atoms with Crippen molar-refractivity contribution in [2.24, 2.45) is 0 Å². The average molecular weight is 274 g/mol. The minimum Gasteiger partial charge on any atom is -0.375 e. The van der Waals surface area contributed by atoms with Crippen molar-refractivity contribution in [2.45, 2.75) is 26.2 Å². The quantitative estimate of drug-likeness (QED) is 0.782. The third-order valence-corrected chi connectivity index (χ3v) is 3.63. The molecule has 0 spiro atoms. The Morgan fingerprint density at radius 2 is 2.21 bits per heavy atom. The first-order chi connectivity index (χ1) is 9.22. The van der Waals surface area contributed by atoms with Gasteiger partial charge in [-0.25, -0.2) is 9.97 Å². The van der Waals surface area contributed by atoms with Gasteiger partial charge in [0, 0.05) is 23.6 Å². The van der Waals surface area contributed by atoms with E-state index < -0.39 is 0 Å². The molecule has 3 rings (SSSR count). The summed E-state index contributed by atoms with van der Waals surface area (Å²) in [6.07, 6.45) is 4.50. The van der Waals surface area contributed by atoms with Crippen LogP contribution in [0.5, 0.6) is 0 Å². The third-order valence-electron chi connectivity index (χ3n) is 2.91. The number of hydrogen-bond acceptors (Lipinski definition) is 6. The maximum Gasteiger partial charge on any atom is 0.180 e. The number of hydrogen-bond donors (Lipinski definition) is 1. The lowest BCUT2D eigenvalue weighted by Crippen LogP contribution is -1.98. The zero-order valence-corrected chi connectivity index (χ0v) is 11.4. The van der Waals surface area contributed by atoms with Crippen LogP contribution in [0.2, 0.25) is 0 Å². The van der Waals surface area contributed by atoms with E-state index in [0.717, 1.165) is 42.1 Å². The van der Waals surface area contributed by atoms with Gasteiger partial charge in [0.05, 0.1) is 5.69 Å². The highest BCUT2D eigenvalue weighted by molar-refractivity contribution is 7.13. The lowest BCUT2D eigenvalue weighted by atomic mass is 10.2. The lowest BCUT2D eigenvalue weighted by Gasteiger charge is -1.99. The summed E-state index contributed by atoms with van der Waals surface area (Å²) in [6, 6.07) is 1.93. The molecule has 0 bridgehead atoms. The number of aromatic nitrogens is 5. The smallest absolute Gasteiger partial charge is 0.180 e. The molecule has 0 saturated heterocycles. The summed E-state index contributed by atoms with van der Waals surface area (Å²) in [5, 5.41) is 11.0. The third kappa shape index (κ3) is 2.55. The monoisotopic (exact) mass is 274 g/mol. The van der Waals surface area contributed by atoms with Gasteiger partial charge in [0.1, 0.15) is 12.2 Å². The van der Waals surface area contributed by atoms with Gasteiger partial charge in [-0.15, -0.1) is 21.5 Å². The first-order valence-electron chi connectivity index (χ1n) is 6.08. The van der Waals surface area contributed by atoms with Crippen molar-refractivity contribution < 1.29 is 0 Å². The van der Waals surface area contributed by atoms with Crippen LogP contribution in [-0.4, -0.2) is 24.6 Å². The molecule has 0 amide bonds. The second kappa shape index (κ2) is 4.93. The van der Waals surface area contributed by atoms with Crippen LogP contribution < -0.4 is 5.73 Å². The number of thiazole rings is 1. The summed E-state index contributed by atoms with van der Waals surface area (Å²) in [5.41, 5.74) is 8.45. The molecule has 0 saturated carbocycles. The Hall–Kier alpha value is -2.02. The summed E-state index contributed by atoms with van der Waals surface area (Å²) in [7, 11) is 0. The number of rotatable bonds is 4. The fraction of sp³-hybridized carbons (Fsp3) is 0.333. The van der Waals surface area contributed by atoms with Crippen molar-refractivity contribution in [3.8, 4) is 0 Å². The molecule has 7 heteroatoms. The predicted molar refractivity (Wildman–Crippen MR) is 74.1 cm³/mol. The molecule has 0 fully saturated rings. The topological polar surface area (TPSA) is 82.0 Å². The predicted octanol–water partition coefficient (Wildman–Crippen LogP) is 1.65. The summed E-state index contributed by atoms with van der Waals surface area (Å²) in [6.45, 7) is 1.95. The molecule has 0 aromatic carbocycles. The van der Waals surface area contributed by atoms with E-state index in [-0.39, 0.29) is 0 Å². The van der Waals surface area contributed by atoms with Gasteiger partial charge in [-0.2, -0.15) is 0 Å². The van der Waals surface area contributed by atoms with Gasteiger partial charge in [-0.3, -0.25) is 4.40 Å². The van der Waals surface area contributed by atoms with Crippen molar-refractivity contribution in [1.29, 1.82) is 0 Å². The summed E-state index contributed by atoms with van der Waals surface area (Å²) < 4.78 is 1.93. The minimum atomic E-state index is 0.627. The minimum absolute atomic E-state index is 0.627. The Labute approximate surface area is 114 Å². The number of nitrogen functional groups attached to an aromatic ring is 1. The van der Waals surface area contributed by atoms with Crippen molar-refractivity contribution in [2.75, 3.05) is 5.73 Å². The van der Waals surface area contributed by atoms with E-state index in [9.17, 15) is 0 Å². The zero-order chi connectivity index (χ0) is 13.2. The summed E-state index contributed by atoms with van der Waals surface area (Å²) >= 11 is 1.48. The van der Waals surface area contributed by atoms with Crippen LogP contribution in [0.1, 0.15) is 23.6 Å². The molecule has 3 heterocycles. The van der Waals surface area contributed by atoms with E-state index >= 15 is 0 Å². The lowest BCUT2D eigenvalue weighted by molar-refractivity contribution is 0.748. The van der Waals surface area contributed by atoms with Crippen molar-refractivity contribution >= 4 is 22.1 Å². The Bertz CT molecular complexity index is 701. The SMILES string of the molecule is Cc1cc2nnc(CCCc3csc(N)n3)n2cn1. The van der Waals surface area contributed by atoms with Crippen LogP contribution >= 0.6 is 11.3 Å². The van der Waals surface area contributed by atoms with E-state index in [1.165, 1.54) is 11.3 Å². The molecule has 98 valence electrons. The highest BCUT2D eigenvalue weighted by Crippen LogP contribution is 2.14.